The first-order chi connectivity index (χ1) is 11.7. The van der Waals surface area contributed by atoms with Crippen molar-refractivity contribution in [3.05, 3.63) is 65.2 Å². The van der Waals surface area contributed by atoms with Gasteiger partial charge in [0.2, 0.25) is 15.9 Å². The molecule has 2 rings (SSSR count). The van der Waals surface area contributed by atoms with Gasteiger partial charge < -0.3 is 5.32 Å². The highest BCUT2D eigenvalue weighted by molar-refractivity contribution is 7.88. The second-order valence-electron chi connectivity index (χ2n) is 6.39. The second-order valence-corrected chi connectivity index (χ2v) is 8.20. The zero-order chi connectivity index (χ0) is 18.4. The van der Waals surface area contributed by atoms with Crippen molar-refractivity contribution in [1.29, 1.82) is 0 Å². The van der Waals surface area contributed by atoms with Gasteiger partial charge in [0.1, 0.15) is 0 Å². The molecule has 2 N–H and O–H groups in total. The van der Waals surface area contributed by atoms with Gasteiger partial charge in [-0.15, -0.1) is 0 Å². The average molecular weight is 360 g/mol. The molecule has 0 atom stereocenters. The third kappa shape index (κ3) is 6.32. The summed E-state index contributed by atoms with van der Waals surface area (Å²) in [7, 11) is -3.57. The van der Waals surface area contributed by atoms with Crippen molar-refractivity contribution in [3.8, 4) is 0 Å². The maximum atomic E-state index is 12.1. The van der Waals surface area contributed by atoms with Crippen LogP contribution < -0.4 is 10.0 Å². The van der Waals surface area contributed by atoms with Crippen LogP contribution in [0.5, 0.6) is 0 Å². The first-order valence-electron chi connectivity index (χ1n) is 8.18. The smallest absolute Gasteiger partial charge is 0.239 e. The maximum absolute atomic E-state index is 12.1. The number of hydrogen-bond donors (Lipinski definition) is 2. The Balaban J connectivity index is 1.89. The lowest BCUT2D eigenvalue weighted by molar-refractivity contribution is -0.115. The molecule has 6 heteroatoms. The molecular formula is C19H24N2O3S. The molecule has 0 aromatic heterocycles. The van der Waals surface area contributed by atoms with Gasteiger partial charge in [-0.1, -0.05) is 50.2 Å². The molecule has 0 aliphatic heterocycles. The fourth-order valence-corrected chi connectivity index (χ4v) is 3.46. The lowest BCUT2D eigenvalue weighted by atomic mass is 10.0. The number of carbonyl (C=O) groups is 1. The Labute approximate surface area is 149 Å². The highest BCUT2D eigenvalue weighted by Crippen LogP contribution is 2.15. The van der Waals surface area contributed by atoms with Gasteiger partial charge in [-0.05, 0) is 41.7 Å². The standard InChI is InChI=1S/C19H24N2O3S/c1-14(2)17-9-7-16(8-10-17)13-25(23,24)20-12-19(22)21-18-6-4-5-15(3)11-18/h4-11,14,20H,12-13H2,1-3H3,(H,21,22). The molecule has 0 aliphatic rings. The van der Waals surface area contributed by atoms with Gasteiger partial charge in [-0.25, -0.2) is 13.1 Å². The van der Waals surface area contributed by atoms with E-state index >= 15 is 0 Å². The Morgan fingerprint density at radius 1 is 1.08 bits per heavy atom. The number of carbonyl (C=O) groups excluding carboxylic acids is 1. The monoisotopic (exact) mass is 360 g/mol. The van der Waals surface area contributed by atoms with E-state index in [1.54, 1.807) is 18.2 Å². The summed E-state index contributed by atoms with van der Waals surface area (Å²) in [6.45, 7) is 5.80. The van der Waals surface area contributed by atoms with Crippen molar-refractivity contribution in [1.82, 2.24) is 4.72 Å². The van der Waals surface area contributed by atoms with Gasteiger partial charge in [0, 0.05) is 5.69 Å². The lowest BCUT2D eigenvalue weighted by Crippen LogP contribution is -2.33. The van der Waals surface area contributed by atoms with Gasteiger partial charge in [0.05, 0.1) is 12.3 Å². The van der Waals surface area contributed by atoms with Crippen molar-refractivity contribution in [2.24, 2.45) is 0 Å². The number of sulfonamides is 1. The first kappa shape index (κ1) is 19.1. The molecule has 0 bridgehead atoms. The van der Waals surface area contributed by atoms with Crippen molar-refractivity contribution in [2.75, 3.05) is 11.9 Å². The molecule has 5 nitrogen and oxygen atoms in total. The normalized spacial score (nSPS) is 11.5. The van der Waals surface area contributed by atoms with Crippen molar-refractivity contribution in [2.45, 2.75) is 32.4 Å². The van der Waals surface area contributed by atoms with Crippen LogP contribution in [-0.2, 0) is 20.6 Å². The van der Waals surface area contributed by atoms with Gasteiger partial charge in [0.15, 0.2) is 0 Å². The third-order valence-corrected chi connectivity index (χ3v) is 5.06. The number of nitrogens with one attached hydrogen (secondary N) is 2. The third-order valence-electron chi connectivity index (χ3n) is 3.76. The van der Waals surface area contributed by atoms with E-state index in [1.807, 2.05) is 37.3 Å². The fourth-order valence-electron chi connectivity index (χ4n) is 2.37. The van der Waals surface area contributed by atoms with Crippen LogP contribution in [0.25, 0.3) is 0 Å². The van der Waals surface area contributed by atoms with Gasteiger partial charge in [-0.2, -0.15) is 0 Å². The Bertz CT molecular complexity index is 828. The number of amides is 1. The highest BCUT2D eigenvalue weighted by Gasteiger charge is 2.14. The van der Waals surface area contributed by atoms with E-state index in [-0.39, 0.29) is 12.3 Å². The highest BCUT2D eigenvalue weighted by atomic mass is 32.2. The molecule has 2 aromatic carbocycles. The Morgan fingerprint density at radius 3 is 2.36 bits per heavy atom. The predicted molar refractivity (Wildman–Crippen MR) is 101 cm³/mol. The summed E-state index contributed by atoms with van der Waals surface area (Å²) in [6.07, 6.45) is 0. The van der Waals surface area contributed by atoms with Gasteiger partial charge in [0.25, 0.3) is 0 Å². The van der Waals surface area contributed by atoms with E-state index in [0.29, 0.717) is 17.2 Å². The minimum atomic E-state index is -3.57. The summed E-state index contributed by atoms with van der Waals surface area (Å²) in [6, 6.07) is 14.8. The zero-order valence-electron chi connectivity index (χ0n) is 14.7. The molecule has 0 aliphatic carbocycles. The van der Waals surface area contributed by atoms with E-state index in [9.17, 15) is 13.2 Å². The van der Waals surface area contributed by atoms with Crippen molar-refractivity contribution >= 4 is 21.6 Å². The Kier molecular flexibility index (Phi) is 6.33. The van der Waals surface area contributed by atoms with E-state index in [0.717, 1.165) is 11.1 Å². The molecule has 134 valence electrons. The fraction of sp³-hybridized carbons (Fsp3) is 0.316. The van der Waals surface area contributed by atoms with Crippen LogP contribution in [-0.4, -0.2) is 20.9 Å². The van der Waals surface area contributed by atoms with Crippen LogP contribution in [0, 0.1) is 6.92 Å². The van der Waals surface area contributed by atoms with E-state index < -0.39 is 15.9 Å². The molecular weight excluding hydrogens is 336 g/mol. The SMILES string of the molecule is Cc1cccc(NC(=O)CNS(=O)(=O)Cc2ccc(C(C)C)cc2)c1. The predicted octanol–water partition coefficient (Wildman–Crippen LogP) is 3.18. The molecule has 0 spiro atoms. The molecule has 0 saturated heterocycles. The van der Waals surface area contributed by atoms with Crippen LogP contribution in [0.2, 0.25) is 0 Å². The van der Waals surface area contributed by atoms with Crippen molar-refractivity contribution in [3.63, 3.8) is 0 Å². The van der Waals surface area contributed by atoms with Crippen LogP contribution >= 0.6 is 0 Å². The molecule has 0 fully saturated rings. The van der Waals surface area contributed by atoms with Crippen LogP contribution in [0.1, 0.15) is 36.5 Å². The molecule has 0 radical (unpaired) electrons. The minimum Gasteiger partial charge on any atom is -0.325 e. The topological polar surface area (TPSA) is 75.3 Å². The molecule has 1 amide bonds. The molecule has 0 heterocycles. The summed E-state index contributed by atoms with van der Waals surface area (Å²) in [4.78, 5) is 11.9. The second kappa shape index (κ2) is 8.27. The summed E-state index contributed by atoms with van der Waals surface area (Å²) >= 11 is 0. The number of benzene rings is 2. The molecule has 2 aromatic rings. The molecule has 0 saturated carbocycles. The first-order valence-corrected chi connectivity index (χ1v) is 9.83. The number of aryl methyl sites for hydroxylation is 1. The summed E-state index contributed by atoms with van der Waals surface area (Å²) in [5, 5.41) is 2.67. The number of anilines is 1. The minimum absolute atomic E-state index is 0.150. The number of rotatable bonds is 7. The maximum Gasteiger partial charge on any atom is 0.239 e. The van der Waals surface area contributed by atoms with Crippen LogP contribution in [0.4, 0.5) is 5.69 Å². The van der Waals surface area contributed by atoms with E-state index in [1.165, 1.54) is 0 Å². The molecule has 25 heavy (non-hydrogen) atoms. The van der Waals surface area contributed by atoms with Crippen LogP contribution in [0.15, 0.2) is 48.5 Å². The lowest BCUT2D eigenvalue weighted by Gasteiger charge is -2.10. The molecule has 0 unspecified atom stereocenters. The quantitative estimate of drug-likeness (QED) is 0.796. The number of hydrogen-bond acceptors (Lipinski definition) is 3. The van der Waals surface area contributed by atoms with E-state index in [4.69, 9.17) is 0 Å². The van der Waals surface area contributed by atoms with Crippen molar-refractivity contribution < 1.29 is 13.2 Å². The van der Waals surface area contributed by atoms with Crippen LogP contribution in [0.3, 0.4) is 0 Å². The summed E-state index contributed by atoms with van der Waals surface area (Å²) in [5.41, 5.74) is 3.51. The summed E-state index contributed by atoms with van der Waals surface area (Å²) < 4.78 is 26.6. The Morgan fingerprint density at radius 2 is 1.76 bits per heavy atom. The largest absolute Gasteiger partial charge is 0.325 e. The average Bonchev–Trinajstić information content (AvgIpc) is 2.53. The van der Waals surface area contributed by atoms with Gasteiger partial charge in [-0.3, -0.25) is 4.79 Å². The van der Waals surface area contributed by atoms with E-state index in [2.05, 4.69) is 23.9 Å². The summed E-state index contributed by atoms with van der Waals surface area (Å²) in [5.74, 6) is -0.151. The zero-order valence-corrected chi connectivity index (χ0v) is 15.6. The van der Waals surface area contributed by atoms with Gasteiger partial charge >= 0.3 is 0 Å². The Hall–Kier alpha value is -2.18.